The molecular formula is C8H12N4O. The van der Waals surface area contributed by atoms with Crippen molar-refractivity contribution >= 4 is 11.7 Å². The Morgan fingerprint density at radius 3 is 3.00 bits per heavy atom. The number of hydrogen-bond acceptors (Lipinski definition) is 2. The summed E-state index contributed by atoms with van der Waals surface area (Å²) >= 11 is 0. The van der Waals surface area contributed by atoms with Gasteiger partial charge in [-0.25, -0.2) is 4.79 Å². The number of anilines is 1. The summed E-state index contributed by atoms with van der Waals surface area (Å²) in [5, 5.41) is 9.46. The summed E-state index contributed by atoms with van der Waals surface area (Å²) in [5.41, 5.74) is 0.723. The van der Waals surface area contributed by atoms with E-state index in [1.165, 1.54) is 0 Å². The van der Waals surface area contributed by atoms with Gasteiger partial charge < -0.3 is 10.6 Å². The van der Waals surface area contributed by atoms with E-state index >= 15 is 0 Å². The highest BCUT2D eigenvalue weighted by Gasteiger charge is 2.23. The second kappa shape index (κ2) is 3.08. The van der Waals surface area contributed by atoms with Gasteiger partial charge in [0.2, 0.25) is 0 Å². The van der Waals surface area contributed by atoms with Crippen LogP contribution in [0.15, 0.2) is 12.4 Å². The molecule has 5 heteroatoms. The molecule has 70 valence electrons. The van der Waals surface area contributed by atoms with Crippen LogP contribution >= 0.6 is 0 Å². The number of aryl methyl sites for hydroxylation is 1. The Morgan fingerprint density at radius 2 is 2.46 bits per heavy atom. The normalized spacial score (nSPS) is 15.5. The van der Waals surface area contributed by atoms with E-state index in [-0.39, 0.29) is 6.03 Å². The highest BCUT2D eigenvalue weighted by molar-refractivity contribution is 5.89. The van der Waals surface area contributed by atoms with Crippen LogP contribution in [0.1, 0.15) is 12.8 Å². The quantitative estimate of drug-likeness (QED) is 0.704. The van der Waals surface area contributed by atoms with Crippen LogP contribution in [0.4, 0.5) is 10.5 Å². The average molecular weight is 180 g/mol. The SMILES string of the molecule is Cn1cc(NC(=O)NC2CC2)cn1. The first kappa shape index (κ1) is 8.10. The van der Waals surface area contributed by atoms with E-state index in [1.807, 2.05) is 7.05 Å². The van der Waals surface area contributed by atoms with E-state index < -0.39 is 0 Å². The predicted octanol–water partition coefficient (Wildman–Crippen LogP) is 0.704. The van der Waals surface area contributed by atoms with Gasteiger partial charge in [-0.1, -0.05) is 0 Å². The highest BCUT2D eigenvalue weighted by Crippen LogP contribution is 2.18. The summed E-state index contributed by atoms with van der Waals surface area (Å²) in [6.07, 6.45) is 5.57. The van der Waals surface area contributed by atoms with Crippen LogP contribution in [0.2, 0.25) is 0 Å². The van der Waals surface area contributed by atoms with Crippen molar-refractivity contribution in [3.63, 3.8) is 0 Å². The zero-order valence-electron chi connectivity index (χ0n) is 7.45. The van der Waals surface area contributed by atoms with E-state index in [4.69, 9.17) is 0 Å². The second-order valence-electron chi connectivity index (χ2n) is 3.28. The fraction of sp³-hybridized carbons (Fsp3) is 0.500. The lowest BCUT2D eigenvalue weighted by Crippen LogP contribution is -2.30. The molecule has 2 rings (SSSR count). The molecule has 1 saturated carbocycles. The first-order valence-electron chi connectivity index (χ1n) is 4.30. The molecule has 2 amide bonds. The van der Waals surface area contributed by atoms with Crippen LogP contribution in [0.25, 0.3) is 0 Å². The van der Waals surface area contributed by atoms with Gasteiger partial charge in [0.1, 0.15) is 0 Å². The van der Waals surface area contributed by atoms with Gasteiger partial charge in [-0.05, 0) is 12.8 Å². The number of rotatable bonds is 2. The standard InChI is InChI=1S/C8H12N4O/c1-12-5-7(4-9-12)11-8(13)10-6-2-3-6/h4-6H,2-3H2,1H3,(H2,10,11,13). The minimum atomic E-state index is -0.143. The van der Waals surface area contributed by atoms with Gasteiger partial charge in [-0.3, -0.25) is 4.68 Å². The van der Waals surface area contributed by atoms with E-state index in [1.54, 1.807) is 17.1 Å². The van der Waals surface area contributed by atoms with E-state index in [9.17, 15) is 4.79 Å². The molecule has 1 aromatic heterocycles. The first-order valence-corrected chi connectivity index (χ1v) is 4.30. The zero-order valence-corrected chi connectivity index (χ0v) is 7.45. The Labute approximate surface area is 76.1 Å². The topological polar surface area (TPSA) is 59.0 Å². The Kier molecular flexibility index (Phi) is 1.92. The van der Waals surface area contributed by atoms with E-state index in [2.05, 4.69) is 15.7 Å². The number of aromatic nitrogens is 2. The Balaban J connectivity index is 1.85. The average Bonchev–Trinajstić information content (AvgIpc) is 2.76. The molecule has 0 bridgehead atoms. The molecule has 0 aliphatic heterocycles. The molecular weight excluding hydrogens is 168 g/mol. The lowest BCUT2D eigenvalue weighted by Gasteiger charge is -2.02. The number of nitrogens with zero attached hydrogens (tertiary/aromatic N) is 2. The first-order chi connectivity index (χ1) is 6.24. The lowest BCUT2D eigenvalue weighted by atomic mass is 10.5. The zero-order chi connectivity index (χ0) is 9.26. The minimum absolute atomic E-state index is 0.143. The van der Waals surface area contributed by atoms with Gasteiger partial charge >= 0.3 is 6.03 Å². The minimum Gasteiger partial charge on any atom is -0.335 e. The van der Waals surface area contributed by atoms with Crippen LogP contribution in [0.3, 0.4) is 0 Å². The Bertz CT molecular complexity index is 316. The summed E-state index contributed by atoms with van der Waals surface area (Å²) in [7, 11) is 1.81. The van der Waals surface area contributed by atoms with Crippen LogP contribution < -0.4 is 10.6 Å². The number of carbonyl (C=O) groups excluding carboxylic acids is 1. The van der Waals surface area contributed by atoms with Gasteiger partial charge in [0.25, 0.3) is 0 Å². The molecule has 1 aromatic rings. The summed E-state index contributed by atoms with van der Waals surface area (Å²) in [5.74, 6) is 0. The lowest BCUT2D eigenvalue weighted by molar-refractivity contribution is 0.251. The predicted molar refractivity (Wildman–Crippen MR) is 48.4 cm³/mol. The molecule has 5 nitrogen and oxygen atoms in total. The smallest absolute Gasteiger partial charge is 0.319 e. The van der Waals surface area contributed by atoms with Crippen molar-refractivity contribution < 1.29 is 4.79 Å². The summed E-state index contributed by atoms with van der Waals surface area (Å²) in [6, 6.07) is 0.243. The van der Waals surface area contributed by atoms with E-state index in [0.717, 1.165) is 18.5 Å². The van der Waals surface area contributed by atoms with Crippen molar-refractivity contribution in [2.24, 2.45) is 7.05 Å². The molecule has 0 radical (unpaired) electrons. The third-order valence-corrected chi connectivity index (χ3v) is 1.88. The number of amides is 2. The fourth-order valence-electron chi connectivity index (χ4n) is 1.07. The number of urea groups is 1. The maximum absolute atomic E-state index is 11.2. The summed E-state index contributed by atoms with van der Waals surface area (Å²) < 4.78 is 1.65. The molecule has 0 aromatic carbocycles. The van der Waals surface area contributed by atoms with Crippen molar-refractivity contribution in [3.8, 4) is 0 Å². The van der Waals surface area contributed by atoms with Gasteiger partial charge in [0.05, 0.1) is 11.9 Å². The molecule has 2 N–H and O–H groups in total. The third kappa shape index (κ3) is 2.21. The van der Waals surface area contributed by atoms with Gasteiger partial charge in [-0.2, -0.15) is 5.10 Å². The van der Waals surface area contributed by atoms with Crippen molar-refractivity contribution in [2.45, 2.75) is 18.9 Å². The third-order valence-electron chi connectivity index (χ3n) is 1.88. The monoisotopic (exact) mass is 180 g/mol. The summed E-state index contributed by atoms with van der Waals surface area (Å²) in [6.45, 7) is 0. The van der Waals surface area contributed by atoms with Gasteiger partial charge in [0, 0.05) is 19.3 Å². The van der Waals surface area contributed by atoms with Crippen LogP contribution in [0, 0.1) is 0 Å². The molecule has 0 atom stereocenters. The number of carbonyl (C=O) groups is 1. The number of nitrogens with one attached hydrogen (secondary N) is 2. The van der Waals surface area contributed by atoms with Crippen LogP contribution in [-0.2, 0) is 7.05 Å². The highest BCUT2D eigenvalue weighted by atomic mass is 16.2. The molecule has 0 saturated heterocycles. The molecule has 0 spiro atoms. The molecule has 0 unspecified atom stereocenters. The van der Waals surface area contributed by atoms with Crippen LogP contribution in [-0.4, -0.2) is 21.9 Å². The molecule has 1 heterocycles. The maximum Gasteiger partial charge on any atom is 0.319 e. The van der Waals surface area contributed by atoms with Crippen molar-refractivity contribution in [2.75, 3.05) is 5.32 Å². The number of hydrogen-bond donors (Lipinski definition) is 2. The molecule has 1 fully saturated rings. The van der Waals surface area contributed by atoms with Crippen molar-refractivity contribution in [3.05, 3.63) is 12.4 Å². The summed E-state index contributed by atoms with van der Waals surface area (Å²) in [4.78, 5) is 11.2. The van der Waals surface area contributed by atoms with Crippen molar-refractivity contribution in [1.29, 1.82) is 0 Å². The fourth-order valence-corrected chi connectivity index (χ4v) is 1.07. The largest absolute Gasteiger partial charge is 0.335 e. The Morgan fingerprint density at radius 1 is 1.69 bits per heavy atom. The molecule has 1 aliphatic carbocycles. The van der Waals surface area contributed by atoms with E-state index in [0.29, 0.717) is 6.04 Å². The van der Waals surface area contributed by atoms with Gasteiger partial charge in [-0.15, -0.1) is 0 Å². The van der Waals surface area contributed by atoms with Crippen LogP contribution in [0.5, 0.6) is 0 Å². The van der Waals surface area contributed by atoms with Gasteiger partial charge in [0.15, 0.2) is 0 Å². The second-order valence-corrected chi connectivity index (χ2v) is 3.28. The molecule has 1 aliphatic rings. The Hall–Kier alpha value is -1.52. The molecule has 13 heavy (non-hydrogen) atoms. The van der Waals surface area contributed by atoms with Crippen molar-refractivity contribution in [1.82, 2.24) is 15.1 Å². The maximum atomic E-state index is 11.2.